The molecule has 1 aliphatic heterocycles. The molecule has 1 fully saturated rings. The van der Waals surface area contributed by atoms with Crippen LogP contribution in [0, 0.1) is 0 Å². The van der Waals surface area contributed by atoms with Gasteiger partial charge in [0.15, 0.2) is 0 Å². The average Bonchev–Trinajstić information content (AvgIpc) is 2.14. The van der Waals surface area contributed by atoms with Gasteiger partial charge in [-0.3, -0.25) is 9.59 Å². The molecule has 0 aromatic heterocycles. The fourth-order valence-corrected chi connectivity index (χ4v) is 2.77. The van der Waals surface area contributed by atoms with Crippen LogP contribution in [0.2, 0.25) is 0 Å². The number of hydrogen-bond donors (Lipinski definition) is 1. The number of rotatable bonds is 3. The monoisotopic (exact) mass is 264 g/mol. The molecule has 1 atom stereocenters. The maximum atomic E-state index is 11.4. The second-order valence-corrected chi connectivity index (χ2v) is 6.07. The second-order valence-electron chi connectivity index (χ2n) is 4.09. The molecular formula is C9H16N2O5S. The molecule has 0 radical (unpaired) electrons. The van der Waals surface area contributed by atoms with Crippen LogP contribution in [0.5, 0.6) is 0 Å². The van der Waals surface area contributed by atoms with E-state index in [2.05, 4.69) is 0 Å². The van der Waals surface area contributed by atoms with Crippen molar-refractivity contribution in [1.82, 2.24) is 9.21 Å². The van der Waals surface area contributed by atoms with Gasteiger partial charge in [0, 0.05) is 26.6 Å². The minimum atomic E-state index is -3.34. The molecule has 0 aliphatic carbocycles. The van der Waals surface area contributed by atoms with Gasteiger partial charge in [-0.05, 0) is 0 Å². The second kappa shape index (κ2) is 5.01. The first-order chi connectivity index (χ1) is 7.71. The lowest BCUT2D eigenvalue weighted by Crippen LogP contribution is -2.56. The third-order valence-corrected chi connectivity index (χ3v) is 4.00. The fourth-order valence-electron chi connectivity index (χ4n) is 1.92. The van der Waals surface area contributed by atoms with E-state index in [1.54, 1.807) is 0 Å². The van der Waals surface area contributed by atoms with Crippen molar-refractivity contribution in [2.24, 2.45) is 0 Å². The topological polar surface area (TPSA) is 95.0 Å². The van der Waals surface area contributed by atoms with E-state index in [9.17, 15) is 18.0 Å². The van der Waals surface area contributed by atoms with Gasteiger partial charge in [-0.1, -0.05) is 0 Å². The molecule has 0 spiro atoms. The summed E-state index contributed by atoms with van der Waals surface area (Å²) in [5, 5.41) is 8.75. The van der Waals surface area contributed by atoms with E-state index in [4.69, 9.17) is 5.11 Å². The number of hydrogen-bond acceptors (Lipinski definition) is 4. The van der Waals surface area contributed by atoms with E-state index >= 15 is 0 Å². The Labute approximate surface area is 100 Å². The molecule has 0 bridgehead atoms. The van der Waals surface area contributed by atoms with Gasteiger partial charge in [0.1, 0.15) is 0 Å². The number of piperazine rings is 1. The lowest BCUT2D eigenvalue weighted by atomic mass is 10.1. The molecular weight excluding hydrogens is 248 g/mol. The standard InChI is InChI=1S/C9H16N2O5S/c1-7(12)11-4-3-10(17(2,15)16)6-8(11)5-9(13)14/h8H,3-6H2,1-2H3,(H,13,14)/t8-/m0/s1. The molecule has 0 unspecified atom stereocenters. The van der Waals surface area contributed by atoms with Crippen LogP contribution in [-0.4, -0.2) is 66.5 Å². The zero-order valence-corrected chi connectivity index (χ0v) is 10.6. The fraction of sp³-hybridized carbons (Fsp3) is 0.778. The Bertz CT molecular complexity index is 419. The van der Waals surface area contributed by atoms with Gasteiger partial charge in [-0.2, -0.15) is 4.31 Å². The first kappa shape index (κ1) is 13.9. The molecule has 98 valence electrons. The highest BCUT2D eigenvalue weighted by Gasteiger charge is 2.33. The molecule has 1 saturated heterocycles. The first-order valence-electron chi connectivity index (χ1n) is 5.16. The number of amides is 1. The Kier molecular flexibility index (Phi) is 4.10. The van der Waals surface area contributed by atoms with Crippen LogP contribution < -0.4 is 0 Å². The third-order valence-electron chi connectivity index (χ3n) is 2.73. The van der Waals surface area contributed by atoms with Crippen LogP contribution in [0.25, 0.3) is 0 Å². The molecule has 7 nitrogen and oxygen atoms in total. The summed E-state index contributed by atoms with van der Waals surface area (Å²) in [6.45, 7) is 1.85. The first-order valence-corrected chi connectivity index (χ1v) is 7.00. The molecule has 0 saturated carbocycles. The van der Waals surface area contributed by atoms with E-state index in [1.807, 2.05) is 0 Å². The van der Waals surface area contributed by atoms with E-state index in [-0.39, 0.29) is 32.0 Å². The Morgan fingerprint density at radius 1 is 1.35 bits per heavy atom. The number of sulfonamides is 1. The third kappa shape index (κ3) is 3.67. The average molecular weight is 264 g/mol. The zero-order chi connectivity index (χ0) is 13.2. The summed E-state index contributed by atoms with van der Waals surface area (Å²) in [6.07, 6.45) is 0.833. The van der Waals surface area contributed by atoms with Gasteiger partial charge < -0.3 is 10.0 Å². The minimum absolute atomic E-state index is 0.0463. The molecule has 1 N–H and O–H groups in total. The van der Waals surface area contributed by atoms with Crippen LogP contribution in [-0.2, 0) is 19.6 Å². The van der Waals surface area contributed by atoms with Gasteiger partial charge in [-0.15, -0.1) is 0 Å². The number of aliphatic carboxylic acids is 1. The molecule has 1 aliphatic rings. The smallest absolute Gasteiger partial charge is 0.305 e. The Balaban J connectivity index is 2.83. The van der Waals surface area contributed by atoms with Gasteiger partial charge in [0.2, 0.25) is 15.9 Å². The summed E-state index contributed by atoms with van der Waals surface area (Å²) in [4.78, 5) is 23.4. The molecule has 8 heteroatoms. The molecule has 0 aromatic carbocycles. The van der Waals surface area contributed by atoms with Gasteiger partial charge in [-0.25, -0.2) is 8.42 Å². The van der Waals surface area contributed by atoms with Crippen molar-refractivity contribution in [3.63, 3.8) is 0 Å². The van der Waals surface area contributed by atoms with Crippen molar-refractivity contribution < 1.29 is 23.1 Å². The number of carbonyl (C=O) groups excluding carboxylic acids is 1. The van der Waals surface area contributed by atoms with Crippen molar-refractivity contribution in [3.05, 3.63) is 0 Å². The van der Waals surface area contributed by atoms with Gasteiger partial charge in [0.05, 0.1) is 18.7 Å². The number of carboxylic acid groups (broad SMARTS) is 1. The predicted molar refractivity (Wildman–Crippen MR) is 59.8 cm³/mol. The van der Waals surface area contributed by atoms with E-state index in [0.717, 1.165) is 6.26 Å². The number of carbonyl (C=O) groups is 2. The quantitative estimate of drug-likeness (QED) is 0.702. The maximum absolute atomic E-state index is 11.4. The summed E-state index contributed by atoms with van der Waals surface area (Å²) < 4.78 is 23.9. The van der Waals surface area contributed by atoms with Crippen LogP contribution in [0.15, 0.2) is 0 Å². The molecule has 1 amide bonds. The lowest BCUT2D eigenvalue weighted by molar-refractivity contribution is -0.141. The maximum Gasteiger partial charge on any atom is 0.305 e. The largest absolute Gasteiger partial charge is 0.481 e. The SMILES string of the molecule is CC(=O)N1CCN(S(C)(=O)=O)C[C@@H]1CC(=O)O. The summed E-state index contributed by atoms with van der Waals surface area (Å²) >= 11 is 0. The van der Waals surface area contributed by atoms with E-state index in [0.29, 0.717) is 0 Å². The number of carboxylic acids is 1. The number of nitrogens with zero attached hydrogens (tertiary/aromatic N) is 2. The Morgan fingerprint density at radius 2 is 1.94 bits per heavy atom. The molecule has 1 rings (SSSR count). The van der Waals surface area contributed by atoms with Crippen molar-refractivity contribution in [1.29, 1.82) is 0 Å². The summed E-state index contributed by atoms with van der Waals surface area (Å²) in [5.74, 6) is -1.28. The Morgan fingerprint density at radius 3 is 2.35 bits per heavy atom. The molecule has 1 heterocycles. The highest BCUT2D eigenvalue weighted by molar-refractivity contribution is 7.88. The van der Waals surface area contributed by atoms with Crippen molar-refractivity contribution in [3.8, 4) is 0 Å². The van der Waals surface area contributed by atoms with Crippen molar-refractivity contribution in [2.45, 2.75) is 19.4 Å². The predicted octanol–water partition coefficient (Wildman–Crippen LogP) is -1.05. The zero-order valence-electron chi connectivity index (χ0n) is 9.79. The highest BCUT2D eigenvalue weighted by Crippen LogP contribution is 2.15. The van der Waals surface area contributed by atoms with Crippen LogP contribution in [0.4, 0.5) is 0 Å². The van der Waals surface area contributed by atoms with Gasteiger partial charge >= 0.3 is 5.97 Å². The van der Waals surface area contributed by atoms with Crippen molar-refractivity contribution in [2.75, 3.05) is 25.9 Å². The minimum Gasteiger partial charge on any atom is -0.481 e. The van der Waals surface area contributed by atoms with E-state index in [1.165, 1.54) is 16.1 Å². The van der Waals surface area contributed by atoms with Crippen LogP contribution in [0.1, 0.15) is 13.3 Å². The van der Waals surface area contributed by atoms with E-state index < -0.39 is 22.0 Å². The highest BCUT2D eigenvalue weighted by atomic mass is 32.2. The van der Waals surface area contributed by atoms with Crippen molar-refractivity contribution >= 4 is 21.9 Å². The summed E-state index contributed by atoms with van der Waals surface area (Å²) in [7, 11) is -3.34. The molecule has 17 heavy (non-hydrogen) atoms. The molecule has 0 aromatic rings. The van der Waals surface area contributed by atoms with Crippen LogP contribution in [0.3, 0.4) is 0 Å². The lowest BCUT2D eigenvalue weighted by Gasteiger charge is -2.39. The normalized spacial score (nSPS) is 22.5. The van der Waals surface area contributed by atoms with Gasteiger partial charge in [0.25, 0.3) is 0 Å². The summed E-state index contributed by atoms with van der Waals surface area (Å²) in [6, 6.07) is -0.589. The Hall–Kier alpha value is -1.15. The van der Waals surface area contributed by atoms with Crippen LogP contribution >= 0.6 is 0 Å². The summed E-state index contributed by atoms with van der Waals surface area (Å²) in [5.41, 5.74) is 0.